The lowest BCUT2D eigenvalue weighted by Crippen LogP contribution is -2.62. The van der Waals surface area contributed by atoms with Crippen LogP contribution < -0.4 is 15.8 Å². The Morgan fingerprint density at radius 3 is 2.29 bits per heavy atom. The average Bonchev–Trinajstić information content (AvgIpc) is 2.48. The van der Waals surface area contributed by atoms with Gasteiger partial charge in [0.05, 0.1) is 17.7 Å². The molecule has 1 aromatic carbocycles. The van der Waals surface area contributed by atoms with E-state index in [1.807, 2.05) is 38.1 Å². The van der Waals surface area contributed by atoms with Crippen LogP contribution in [0.3, 0.4) is 0 Å². The number of hydrogen-bond acceptors (Lipinski definition) is 3. The first-order valence-corrected chi connectivity index (χ1v) is 8.10. The van der Waals surface area contributed by atoms with Crippen molar-refractivity contribution in [2.45, 2.75) is 58.8 Å². The number of guanidine groups is 1. The molecule has 0 radical (unpaired) electrons. The zero-order valence-electron chi connectivity index (χ0n) is 15.4. The molecule has 0 aromatic heterocycles. The first-order chi connectivity index (χ1) is 10.7. The monoisotopic (exact) mass is 447 g/mol. The minimum absolute atomic E-state index is 0. The Kier molecular flexibility index (Phi) is 6.93. The summed E-state index contributed by atoms with van der Waals surface area (Å²) in [5, 5.41) is 3.14. The predicted molar refractivity (Wildman–Crippen MR) is 110 cm³/mol. The van der Waals surface area contributed by atoms with E-state index in [2.05, 4.69) is 31.1 Å². The topological polar surface area (TPSA) is 68.9 Å². The van der Waals surface area contributed by atoms with E-state index in [4.69, 9.17) is 15.2 Å². The minimum Gasteiger partial charge on any atom is -0.491 e. The summed E-state index contributed by atoms with van der Waals surface area (Å²) in [6.45, 7) is 10.5. The Morgan fingerprint density at radius 2 is 1.83 bits per heavy atom. The Bertz CT molecular complexity index is 572. The van der Waals surface area contributed by atoms with Crippen molar-refractivity contribution >= 4 is 35.6 Å². The molecular formula is C18H30IN3O2. The van der Waals surface area contributed by atoms with E-state index in [9.17, 15) is 0 Å². The lowest BCUT2D eigenvalue weighted by atomic mass is 9.56. The molecule has 6 heteroatoms. The fourth-order valence-corrected chi connectivity index (χ4v) is 2.90. The second kappa shape index (κ2) is 7.91. The van der Waals surface area contributed by atoms with Crippen molar-refractivity contribution in [3.05, 3.63) is 24.3 Å². The van der Waals surface area contributed by atoms with Gasteiger partial charge in [-0.25, -0.2) is 4.99 Å². The third-order valence-corrected chi connectivity index (χ3v) is 5.02. The largest absolute Gasteiger partial charge is 0.491 e. The zero-order valence-corrected chi connectivity index (χ0v) is 17.8. The molecule has 1 aliphatic carbocycles. The smallest absolute Gasteiger partial charge is 0.193 e. The number of nitrogens with one attached hydrogen (secondary N) is 1. The third-order valence-electron chi connectivity index (χ3n) is 5.02. The number of methoxy groups -OCH3 is 1. The van der Waals surface area contributed by atoms with Crippen LogP contribution in [0, 0.1) is 5.41 Å². The Balaban J connectivity index is 0.00000288. The number of nitrogens with two attached hydrogens (primary N) is 1. The van der Waals surface area contributed by atoms with E-state index in [-0.39, 0.29) is 47.1 Å². The van der Waals surface area contributed by atoms with Crippen LogP contribution in [-0.4, -0.2) is 30.8 Å². The molecule has 136 valence electrons. The summed E-state index contributed by atoms with van der Waals surface area (Å²) >= 11 is 0. The van der Waals surface area contributed by atoms with Crippen LogP contribution in [0.1, 0.15) is 41.0 Å². The predicted octanol–water partition coefficient (Wildman–Crippen LogP) is 4.02. The van der Waals surface area contributed by atoms with Gasteiger partial charge < -0.3 is 20.5 Å². The molecule has 5 nitrogen and oxygen atoms in total. The molecule has 0 heterocycles. The maximum atomic E-state index is 6.05. The number of halogens is 1. The molecule has 2 unspecified atom stereocenters. The first kappa shape index (κ1) is 21.0. The van der Waals surface area contributed by atoms with Gasteiger partial charge in [-0.15, -0.1) is 24.0 Å². The number of ether oxygens (including phenoxy) is 2. The summed E-state index contributed by atoms with van der Waals surface area (Å²) in [5.74, 6) is 1.27. The summed E-state index contributed by atoms with van der Waals surface area (Å²) in [6, 6.07) is 7.87. The van der Waals surface area contributed by atoms with E-state index in [1.165, 1.54) is 0 Å². The summed E-state index contributed by atoms with van der Waals surface area (Å²) in [6.07, 6.45) is 1.04. The van der Waals surface area contributed by atoms with Crippen molar-refractivity contribution < 1.29 is 9.47 Å². The van der Waals surface area contributed by atoms with Crippen LogP contribution in [0.5, 0.6) is 5.75 Å². The molecule has 2 atom stereocenters. The van der Waals surface area contributed by atoms with Gasteiger partial charge in [-0.3, -0.25) is 0 Å². The fraction of sp³-hybridized carbons (Fsp3) is 0.611. The van der Waals surface area contributed by atoms with Crippen molar-refractivity contribution in [2.24, 2.45) is 16.1 Å². The van der Waals surface area contributed by atoms with Gasteiger partial charge in [0.25, 0.3) is 0 Å². The van der Waals surface area contributed by atoms with Gasteiger partial charge in [-0.1, -0.05) is 13.8 Å². The van der Waals surface area contributed by atoms with Gasteiger partial charge in [-0.2, -0.15) is 0 Å². The van der Waals surface area contributed by atoms with Crippen LogP contribution in [0.4, 0.5) is 5.69 Å². The molecule has 1 aromatic rings. The zero-order chi connectivity index (χ0) is 17.3. The second-order valence-electron chi connectivity index (χ2n) is 7.21. The molecular weight excluding hydrogens is 417 g/mol. The Hall–Kier alpha value is -1.02. The molecule has 0 bridgehead atoms. The van der Waals surface area contributed by atoms with Crippen molar-refractivity contribution in [1.29, 1.82) is 0 Å². The van der Waals surface area contributed by atoms with Gasteiger partial charge in [0.15, 0.2) is 5.96 Å². The number of rotatable bonds is 5. The number of benzene rings is 1. The molecule has 1 fully saturated rings. The highest BCUT2D eigenvalue weighted by molar-refractivity contribution is 14.0. The molecule has 24 heavy (non-hydrogen) atoms. The quantitative estimate of drug-likeness (QED) is 0.407. The molecule has 0 spiro atoms. The van der Waals surface area contributed by atoms with Crippen molar-refractivity contribution in [3.63, 3.8) is 0 Å². The van der Waals surface area contributed by atoms with Crippen LogP contribution >= 0.6 is 24.0 Å². The molecule has 0 saturated heterocycles. The summed E-state index contributed by atoms with van der Waals surface area (Å²) < 4.78 is 11.2. The number of hydrogen-bond donors (Lipinski definition) is 2. The summed E-state index contributed by atoms with van der Waals surface area (Å²) in [7, 11) is 1.75. The van der Waals surface area contributed by atoms with Crippen molar-refractivity contribution in [3.8, 4) is 5.75 Å². The highest BCUT2D eigenvalue weighted by Crippen LogP contribution is 2.53. The van der Waals surface area contributed by atoms with E-state index in [0.29, 0.717) is 5.96 Å². The SMILES string of the molecule is COC1(C)CC(N=C(N)Nc2ccc(OC(C)C)cc2)C1(C)C.I. The molecule has 0 aliphatic heterocycles. The van der Waals surface area contributed by atoms with Crippen molar-refractivity contribution in [1.82, 2.24) is 0 Å². The Morgan fingerprint density at radius 1 is 1.25 bits per heavy atom. The standard InChI is InChI=1S/C18H29N3O2.HI/c1-12(2)23-14-9-7-13(8-10-14)20-16(19)21-15-11-18(5,22-6)17(15,3)4;/h7-10,12,15H,11H2,1-6H3,(H3,19,20,21);1H. The first-order valence-electron chi connectivity index (χ1n) is 8.10. The maximum absolute atomic E-state index is 6.05. The van der Waals surface area contributed by atoms with E-state index < -0.39 is 0 Å². The highest BCUT2D eigenvalue weighted by Gasteiger charge is 2.58. The van der Waals surface area contributed by atoms with E-state index in [0.717, 1.165) is 17.9 Å². The van der Waals surface area contributed by atoms with Crippen molar-refractivity contribution in [2.75, 3.05) is 12.4 Å². The van der Waals surface area contributed by atoms with Gasteiger partial charge in [-0.05, 0) is 51.5 Å². The summed E-state index contributed by atoms with van der Waals surface area (Å²) in [4.78, 5) is 4.62. The number of anilines is 1. The van der Waals surface area contributed by atoms with Gasteiger partial charge >= 0.3 is 0 Å². The third kappa shape index (κ3) is 4.33. The summed E-state index contributed by atoms with van der Waals surface area (Å²) in [5.41, 5.74) is 6.77. The van der Waals surface area contributed by atoms with Gasteiger partial charge in [0, 0.05) is 18.2 Å². The van der Waals surface area contributed by atoms with E-state index >= 15 is 0 Å². The highest BCUT2D eigenvalue weighted by atomic mass is 127. The molecule has 0 amide bonds. The minimum atomic E-state index is -0.142. The Labute approximate surface area is 162 Å². The van der Waals surface area contributed by atoms with Gasteiger partial charge in [0.1, 0.15) is 5.75 Å². The molecule has 1 saturated carbocycles. The fourth-order valence-electron chi connectivity index (χ4n) is 2.90. The van der Waals surface area contributed by atoms with Crippen LogP contribution in [-0.2, 0) is 4.74 Å². The van der Waals surface area contributed by atoms with E-state index in [1.54, 1.807) is 7.11 Å². The average molecular weight is 447 g/mol. The lowest BCUT2D eigenvalue weighted by Gasteiger charge is -2.57. The van der Waals surface area contributed by atoms with Crippen LogP contribution in [0.2, 0.25) is 0 Å². The molecule has 2 rings (SSSR count). The number of aliphatic imine (C=N–C) groups is 1. The van der Waals surface area contributed by atoms with Crippen LogP contribution in [0.25, 0.3) is 0 Å². The second-order valence-corrected chi connectivity index (χ2v) is 7.21. The molecule has 1 aliphatic rings. The maximum Gasteiger partial charge on any atom is 0.193 e. The van der Waals surface area contributed by atoms with Crippen LogP contribution in [0.15, 0.2) is 29.3 Å². The lowest BCUT2D eigenvalue weighted by molar-refractivity contribution is -0.171. The van der Waals surface area contributed by atoms with Gasteiger partial charge in [0.2, 0.25) is 0 Å². The number of nitrogens with zero attached hydrogens (tertiary/aromatic N) is 1. The normalized spacial score (nSPS) is 25.6. The molecule has 3 N–H and O–H groups in total.